The monoisotopic (exact) mass is 293 g/mol. The number of hydrogen-bond donors (Lipinski definition) is 2. The number of hydrogen-bond acceptors (Lipinski definition) is 6. The Labute approximate surface area is 124 Å². The molecule has 2 aliphatic rings. The first-order valence-corrected chi connectivity index (χ1v) is 7.63. The SMILES string of the molecule is CN(C)C1(CNC(=O)c2noc(C3CCCN3)n2)CCC1. The van der Waals surface area contributed by atoms with E-state index in [0.29, 0.717) is 12.4 Å². The van der Waals surface area contributed by atoms with Gasteiger partial charge in [-0.05, 0) is 52.7 Å². The molecule has 1 amide bonds. The Balaban J connectivity index is 1.58. The van der Waals surface area contributed by atoms with Gasteiger partial charge in [-0.2, -0.15) is 4.98 Å². The lowest BCUT2D eigenvalue weighted by Gasteiger charge is -2.47. The van der Waals surface area contributed by atoms with Crippen LogP contribution in [-0.4, -0.2) is 53.7 Å². The summed E-state index contributed by atoms with van der Waals surface area (Å²) in [6, 6.07) is 0.0961. The molecule has 3 rings (SSSR count). The summed E-state index contributed by atoms with van der Waals surface area (Å²) in [6.45, 7) is 1.59. The fourth-order valence-corrected chi connectivity index (χ4v) is 3.06. The lowest BCUT2D eigenvalue weighted by Crippen LogP contribution is -2.57. The molecule has 7 nitrogen and oxygen atoms in total. The van der Waals surface area contributed by atoms with Crippen molar-refractivity contribution in [3.8, 4) is 0 Å². The number of carbonyl (C=O) groups is 1. The van der Waals surface area contributed by atoms with Crippen LogP contribution in [0.25, 0.3) is 0 Å². The highest BCUT2D eigenvalue weighted by atomic mass is 16.5. The van der Waals surface area contributed by atoms with E-state index >= 15 is 0 Å². The van der Waals surface area contributed by atoms with E-state index in [1.165, 1.54) is 6.42 Å². The third-order valence-corrected chi connectivity index (χ3v) is 4.81. The molecule has 1 aliphatic carbocycles. The quantitative estimate of drug-likeness (QED) is 0.832. The van der Waals surface area contributed by atoms with Gasteiger partial charge in [0.05, 0.1) is 6.04 Å². The number of aromatic nitrogens is 2. The minimum absolute atomic E-state index is 0.0925. The zero-order valence-electron chi connectivity index (χ0n) is 12.7. The Morgan fingerprint density at radius 2 is 2.29 bits per heavy atom. The van der Waals surface area contributed by atoms with E-state index < -0.39 is 0 Å². The highest BCUT2D eigenvalue weighted by Crippen LogP contribution is 2.35. The molecule has 1 aromatic heterocycles. The minimum Gasteiger partial charge on any atom is -0.347 e. The molecule has 1 atom stereocenters. The number of likely N-dealkylation sites (N-methyl/N-ethyl adjacent to an activating group) is 1. The van der Waals surface area contributed by atoms with Crippen LogP contribution in [0.3, 0.4) is 0 Å². The van der Waals surface area contributed by atoms with Gasteiger partial charge >= 0.3 is 0 Å². The standard InChI is InChI=1S/C14H23N5O2/c1-19(2)14(6-4-7-14)9-16-12(20)11-17-13(21-18-11)10-5-3-8-15-10/h10,15H,3-9H2,1-2H3,(H,16,20). The Hall–Kier alpha value is -1.47. The number of amides is 1. The molecule has 0 aromatic carbocycles. The summed E-state index contributed by atoms with van der Waals surface area (Å²) in [5.74, 6) is 0.395. The summed E-state index contributed by atoms with van der Waals surface area (Å²) in [5.41, 5.74) is 0.0925. The van der Waals surface area contributed by atoms with Gasteiger partial charge in [0.25, 0.3) is 11.7 Å². The van der Waals surface area contributed by atoms with Crippen molar-refractivity contribution in [2.75, 3.05) is 27.2 Å². The van der Waals surface area contributed by atoms with Crippen molar-refractivity contribution in [3.05, 3.63) is 11.7 Å². The number of carbonyl (C=O) groups excluding carboxylic acids is 1. The van der Waals surface area contributed by atoms with E-state index in [1.807, 2.05) is 0 Å². The first-order chi connectivity index (χ1) is 10.1. The van der Waals surface area contributed by atoms with E-state index in [2.05, 4.69) is 39.8 Å². The summed E-state index contributed by atoms with van der Waals surface area (Å²) in [5, 5.41) is 10.0. The van der Waals surface area contributed by atoms with E-state index in [0.717, 1.165) is 32.2 Å². The highest BCUT2D eigenvalue weighted by molar-refractivity contribution is 5.90. The minimum atomic E-state index is -0.254. The number of rotatable bonds is 5. The Kier molecular flexibility index (Phi) is 3.95. The van der Waals surface area contributed by atoms with Crippen LogP contribution in [0.1, 0.15) is 54.7 Å². The predicted octanol–water partition coefficient (Wildman–Crippen LogP) is 0.708. The molecule has 0 bridgehead atoms. The van der Waals surface area contributed by atoms with Gasteiger partial charge in [-0.1, -0.05) is 5.16 Å². The molecule has 2 heterocycles. The molecule has 2 fully saturated rings. The molecule has 2 N–H and O–H groups in total. The molecular weight excluding hydrogens is 270 g/mol. The van der Waals surface area contributed by atoms with Crippen LogP contribution in [-0.2, 0) is 0 Å². The van der Waals surface area contributed by atoms with Gasteiger partial charge in [-0.3, -0.25) is 4.79 Å². The van der Waals surface area contributed by atoms with Crippen LogP contribution in [0.5, 0.6) is 0 Å². The first kappa shape index (κ1) is 14.5. The third kappa shape index (κ3) is 2.80. The van der Waals surface area contributed by atoms with Gasteiger partial charge in [0, 0.05) is 12.1 Å². The molecule has 7 heteroatoms. The fourth-order valence-electron chi connectivity index (χ4n) is 3.06. The molecule has 1 saturated heterocycles. The van der Waals surface area contributed by atoms with Crippen LogP contribution in [0.2, 0.25) is 0 Å². The maximum absolute atomic E-state index is 12.1. The second-order valence-electron chi connectivity index (χ2n) is 6.26. The molecular formula is C14H23N5O2. The summed E-state index contributed by atoms with van der Waals surface area (Å²) in [7, 11) is 4.12. The maximum atomic E-state index is 12.1. The molecule has 0 radical (unpaired) electrons. The van der Waals surface area contributed by atoms with Crippen molar-refractivity contribution in [2.45, 2.75) is 43.7 Å². The molecule has 1 aromatic rings. The maximum Gasteiger partial charge on any atom is 0.292 e. The average molecular weight is 293 g/mol. The molecule has 1 unspecified atom stereocenters. The normalized spacial score (nSPS) is 24.0. The first-order valence-electron chi connectivity index (χ1n) is 7.63. The Morgan fingerprint density at radius 1 is 1.48 bits per heavy atom. The van der Waals surface area contributed by atoms with Crippen LogP contribution in [0.4, 0.5) is 0 Å². The van der Waals surface area contributed by atoms with Crippen molar-refractivity contribution in [3.63, 3.8) is 0 Å². The summed E-state index contributed by atoms with van der Waals surface area (Å²) >= 11 is 0. The molecule has 0 spiro atoms. The summed E-state index contributed by atoms with van der Waals surface area (Å²) in [4.78, 5) is 18.6. The smallest absolute Gasteiger partial charge is 0.292 e. The zero-order chi connectivity index (χ0) is 14.9. The van der Waals surface area contributed by atoms with Gasteiger partial charge in [-0.15, -0.1) is 0 Å². The largest absolute Gasteiger partial charge is 0.347 e. The van der Waals surface area contributed by atoms with Crippen molar-refractivity contribution < 1.29 is 9.32 Å². The number of nitrogens with one attached hydrogen (secondary N) is 2. The topological polar surface area (TPSA) is 83.3 Å². The second-order valence-corrected chi connectivity index (χ2v) is 6.26. The van der Waals surface area contributed by atoms with Crippen LogP contribution in [0, 0.1) is 0 Å². The lowest BCUT2D eigenvalue weighted by atomic mass is 9.75. The van der Waals surface area contributed by atoms with Crippen molar-refractivity contribution in [1.29, 1.82) is 0 Å². The molecule has 116 valence electrons. The number of nitrogens with zero attached hydrogens (tertiary/aromatic N) is 3. The molecule has 1 aliphatic heterocycles. The van der Waals surface area contributed by atoms with Gasteiger partial charge in [0.1, 0.15) is 0 Å². The third-order valence-electron chi connectivity index (χ3n) is 4.81. The predicted molar refractivity (Wildman–Crippen MR) is 76.9 cm³/mol. The van der Waals surface area contributed by atoms with Crippen molar-refractivity contribution in [1.82, 2.24) is 25.7 Å². The highest BCUT2D eigenvalue weighted by Gasteiger charge is 2.39. The van der Waals surface area contributed by atoms with Crippen LogP contribution < -0.4 is 10.6 Å². The van der Waals surface area contributed by atoms with Gasteiger partial charge in [-0.25, -0.2) is 0 Å². The van der Waals surface area contributed by atoms with Gasteiger partial charge < -0.3 is 20.1 Å². The molecule has 21 heavy (non-hydrogen) atoms. The van der Waals surface area contributed by atoms with Gasteiger partial charge in [0.15, 0.2) is 0 Å². The molecule has 1 saturated carbocycles. The van der Waals surface area contributed by atoms with E-state index in [1.54, 1.807) is 0 Å². The summed E-state index contributed by atoms with van der Waals surface area (Å²) in [6.07, 6.45) is 5.52. The fraction of sp³-hybridized carbons (Fsp3) is 0.786. The lowest BCUT2D eigenvalue weighted by molar-refractivity contribution is 0.0553. The van der Waals surface area contributed by atoms with E-state index in [-0.39, 0.29) is 23.3 Å². The van der Waals surface area contributed by atoms with Crippen molar-refractivity contribution in [2.24, 2.45) is 0 Å². The Morgan fingerprint density at radius 3 is 2.86 bits per heavy atom. The second kappa shape index (κ2) is 5.73. The summed E-state index contributed by atoms with van der Waals surface area (Å²) < 4.78 is 5.19. The Bertz CT molecular complexity index is 503. The van der Waals surface area contributed by atoms with E-state index in [9.17, 15) is 4.79 Å². The van der Waals surface area contributed by atoms with Gasteiger partial charge in [0.2, 0.25) is 5.89 Å². The van der Waals surface area contributed by atoms with Crippen LogP contribution >= 0.6 is 0 Å². The van der Waals surface area contributed by atoms with E-state index in [4.69, 9.17) is 4.52 Å². The van der Waals surface area contributed by atoms with Crippen molar-refractivity contribution >= 4 is 5.91 Å². The van der Waals surface area contributed by atoms with Crippen LogP contribution in [0.15, 0.2) is 4.52 Å². The zero-order valence-corrected chi connectivity index (χ0v) is 12.7. The average Bonchev–Trinajstić information content (AvgIpc) is 3.07.